The van der Waals surface area contributed by atoms with Crippen LogP contribution in [0.15, 0.2) is 22.7 Å². The molecule has 3 N–H and O–H groups in total. The quantitative estimate of drug-likeness (QED) is 0.776. The summed E-state index contributed by atoms with van der Waals surface area (Å²) in [6.45, 7) is 5.51. The third-order valence-electron chi connectivity index (χ3n) is 2.65. The van der Waals surface area contributed by atoms with Gasteiger partial charge in [-0.05, 0) is 32.0 Å². The van der Waals surface area contributed by atoms with Gasteiger partial charge < -0.3 is 16.0 Å². The fourth-order valence-corrected chi connectivity index (χ4v) is 2.30. The van der Waals surface area contributed by atoms with Crippen LogP contribution in [0.4, 0.5) is 5.69 Å². The van der Waals surface area contributed by atoms with Gasteiger partial charge in [-0.2, -0.15) is 0 Å². The Morgan fingerprint density at radius 1 is 1.47 bits per heavy atom. The lowest BCUT2D eigenvalue weighted by molar-refractivity contribution is -0.119. The molecule has 0 bridgehead atoms. The molecule has 1 aromatic rings. The van der Waals surface area contributed by atoms with Crippen LogP contribution in [0.2, 0.25) is 0 Å². The highest BCUT2D eigenvalue weighted by atomic mass is 79.9. The number of hydrogen-bond donors (Lipinski definition) is 2. The predicted octanol–water partition coefficient (Wildman–Crippen LogP) is 2.05. The summed E-state index contributed by atoms with van der Waals surface area (Å²) in [6, 6.07) is 5.71. The number of hydrogen-bond acceptors (Lipinski definition) is 3. The van der Waals surface area contributed by atoms with Crippen LogP contribution in [-0.4, -0.2) is 30.5 Å². The maximum Gasteiger partial charge on any atom is 0.239 e. The first kappa shape index (κ1) is 15.9. The molecule has 1 amide bonds. The summed E-state index contributed by atoms with van der Waals surface area (Å²) >= 11 is 8.47. The van der Waals surface area contributed by atoms with Crippen LogP contribution in [0.25, 0.3) is 0 Å². The summed E-state index contributed by atoms with van der Waals surface area (Å²) in [4.78, 5) is 14.0. The Labute approximate surface area is 127 Å². The number of carbonyl (C=O) groups is 1. The third-order valence-corrected chi connectivity index (χ3v) is 3.37. The van der Waals surface area contributed by atoms with Gasteiger partial charge in [0, 0.05) is 28.8 Å². The molecule has 0 aliphatic heterocycles. The van der Waals surface area contributed by atoms with Gasteiger partial charge in [0.2, 0.25) is 5.91 Å². The summed E-state index contributed by atoms with van der Waals surface area (Å²) in [5.41, 5.74) is 7.40. The van der Waals surface area contributed by atoms with Crippen LogP contribution in [-0.2, 0) is 4.79 Å². The topological polar surface area (TPSA) is 58.4 Å². The molecule has 0 aliphatic carbocycles. The lowest BCUT2D eigenvalue weighted by Crippen LogP contribution is -2.38. The minimum Gasteiger partial charge on any atom is -0.389 e. The molecule has 0 aliphatic rings. The second kappa shape index (κ2) is 7.45. The largest absolute Gasteiger partial charge is 0.389 e. The van der Waals surface area contributed by atoms with Crippen molar-refractivity contribution >= 4 is 44.7 Å². The monoisotopic (exact) mass is 343 g/mol. The molecule has 6 heteroatoms. The van der Waals surface area contributed by atoms with Gasteiger partial charge in [-0.3, -0.25) is 4.79 Å². The average molecular weight is 344 g/mol. The molecule has 19 heavy (non-hydrogen) atoms. The summed E-state index contributed by atoms with van der Waals surface area (Å²) in [5, 5.41) is 2.79. The van der Waals surface area contributed by atoms with Gasteiger partial charge in [-0.15, -0.1) is 0 Å². The Morgan fingerprint density at radius 2 is 2.16 bits per heavy atom. The van der Waals surface area contributed by atoms with Gasteiger partial charge in [0.15, 0.2) is 0 Å². The van der Waals surface area contributed by atoms with E-state index in [1.165, 1.54) is 0 Å². The SMILES string of the molecule is CCNC(=O)CN(CC)c1ccc(Br)cc1C(N)=S. The lowest BCUT2D eigenvalue weighted by Gasteiger charge is -2.25. The van der Waals surface area contributed by atoms with E-state index in [1.807, 2.05) is 36.9 Å². The van der Waals surface area contributed by atoms with Crippen LogP contribution in [0.3, 0.4) is 0 Å². The maximum absolute atomic E-state index is 11.7. The number of benzene rings is 1. The van der Waals surface area contributed by atoms with Crippen molar-refractivity contribution in [1.82, 2.24) is 5.32 Å². The second-order valence-electron chi connectivity index (χ2n) is 3.99. The van der Waals surface area contributed by atoms with E-state index in [0.29, 0.717) is 24.6 Å². The standard InChI is InChI=1S/C13H18BrN3OS/c1-3-16-12(18)8-17(4-2)11-6-5-9(14)7-10(11)13(15)19/h5-7H,3-4,8H2,1-2H3,(H2,15,19)(H,16,18). The highest BCUT2D eigenvalue weighted by Gasteiger charge is 2.14. The van der Waals surface area contributed by atoms with E-state index in [1.54, 1.807) is 0 Å². The van der Waals surface area contributed by atoms with E-state index in [9.17, 15) is 4.79 Å². The number of rotatable bonds is 6. The van der Waals surface area contributed by atoms with Crippen molar-refractivity contribution in [2.24, 2.45) is 5.73 Å². The molecule has 0 unspecified atom stereocenters. The Bertz CT molecular complexity index is 479. The molecule has 1 aromatic carbocycles. The van der Waals surface area contributed by atoms with Crippen LogP contribution in [0.5, 0.6) is 0 Å². The number of likely N-dealkylation sites (N-methyl/N-ethyl adjacent to an activating group) is 2. The first-order valence-electron chi connectivity index (χ1n) is 6.10. The van der Waals surface area contributed by atoms with Crippen molar-refractivity contribution in [3.8, 4) is 0 Å². The van der Waals surface area contributed by atoms with Crippen molar-refractivity contribution < 1.29 is 4.79 Å². The van der Waals surface area contributed by atoms with Gasteiger partial charge >= 0.3 is 0 Å². The number of halogens is 1. The van der Waals surface area contributed by atoms with E-state index >= 15 is 0 Å². The van der Waals surface area contributed by atoms with Gasteiger partial charge in [0.25, 0.3) is 0 Å². The molecule has 0 atom stereocenters. The molecule has 0 fully saturated rings. The Kier molecular flexibility index (Phi) is 6.24. The van der Waals surface area contributed by atoms with Crippen LogP contribution in [0.1, 0.15) is 19.4 Å². The Morgan fingerprint density at radius 3 is 2.68 bits per heavy atom. The molecule has 0 aromatic heterocycles. The van der Waals surface area contributed by atoms with Crippen molar-refractivity contribution in [3.63, 3.8) is 0 Å². The zero-order chi connectivity index (χ0) is 14.4. The zero-order valence-corrected chi connectivity index (χ0v) is 13.5. The van der Waals surface area contributed by atoms with E-state index in [4.69, 9.17) is 18.0 Å². The number of anilines is 1. The van der Waals surface area contributed by atoms with Crippen molar-refractivity contribution in [2.45, 2.75) is 13.8 Å². The molecular formula is C13H18BrN3OS. The summed E-state index contributed by atoms with van der Waals surface area (Å²) in [6.07, 6.45) is 0. The smallest absolute Gasteiger partial charge is 0.239 e. The van der Waals surface area contributed by atoms with E-state index in [-0.39, 0.29) is 5.91 Å². The minimum absolute atomic E-state index is 0.0128. The van der Waals surface area contributed by atoms with Crippen molar-refractivity contribution in [3.05, 3.63) is 28.2 Å². The fraction of sp³-hybridized carbons (Fsp3) is 0.385. The van der Waals surface area contributed by atoms with Crippen molar-refractivity contribution in [2.75, 3.05) is 24.5 Å². The molecule has 4 nitrogen and oxygen atoms in total. The zero-order valence-electron chi connectivity index (χ0n) is 11.1. The van der Waals surface area contributed by atoms with E-state index in [2.05, 4.69) is 21.2 Å². The average Bonchev–Trinajstić information content (AvgIpc) is 2.36. The molecular weight excluding hydrogens is 326 g/mol. The first-order valence-corrected chi connectivity index (χ1v) is 7.30. The van der Waals surface area contributed by atoms with Crippen molar-refractivity contribution in [1.29, 1.82) is 0 Å². The second-order valence-corrected chi connectivity index (χ2v) is 5.35. The number of nitrogens with one attached hydrogen (secondary N) is 1. The maximum atomic E-state index is 11.7. The summed E-state index contributed by atoms with van der Waals surface area (Å²) < 4.78 is 0.910. The highest BCUT2D eigenvalue weighted by Crippen LogP contribution is 2.24. The van der Waals surface area contributed by atoms with Gasteiger partial charge in [-0.1, -0.05) is 28.1 Å². The molecule has 0 heterocycles. The predicted molar refractivity (Wildman–Crippen MR) is 86.6 cm³/mol. The molecule has 0 radical (unpaired) electrons. The molecule has 1 rings (SSSR count). The number of nitrogens with two attached hydrogens (primary N) is 1. The molecule has 104 valence electrons. The first-order chi connectivity index (χ1) is 8.99. The van der Waals surface area contributed by atoms with Gasteiger partial charge in [0.05, 0.1) is 6.54 Å². The fourth-order valence-electron chi connectivity index (χ4n) is 1.78. The molecule has 0 saturated heterocycles. The summed E-state index contributed by atoms with van der Waals surface area (Å²) in [7, 11) is 0. The number of carbonyl (C=O) groups excluding carboxylic acids is 1. The Hall–Kier alpha value is -1.14. The Balaban J connectivity index is 3.04. The highest BCUT2D eigenvalue weighted by molar-refractivity contribution is 9.10. The number of thiocarbonyl (C=S) groups is 1. The van der Waals surface area contributed by atoms with Crippen LogP contribution in [0, 0.1) is 0 Å². The summed E-state index contributed by atoms with van der Waals surface area (Å²) in [5.74, 6) is -0.0128. The number of nitrogens with zero attached hydrogens (tertiary/aromatic N) is 1. The molecule has 0 saturated carbocycles. The van der Waals surface area contributed by atoms with Crippen LogP contribution < -0.4 is 16.0 Å². The van der Waals surface area contributed by atoms with Gasteiger partial charge in [-0.25, -0.2) is 0 Å². The van der Waals surface area contributed by atoms with E-state index < -0.39 is 0 Å². The van der Waals surface area contributed by atoms with Gasteiger partial charge in [0.1, 0.15) is 4.99 Å². The van der Waals surface area contributed by atoms with E-state index in [0.717, 1.165) is 15.7 Å². The molecule has 0 spiro atoms. The normalized spacial score (nSPS) is 10.1. The number of amides is 1. The third kappa shape index (κ3) is 4.47. The lowest BCUT2D eigenvalue weighted by atomic mass is 10.1. The van der Waals surface area contributed by atoms with Crippen LogP contribution >= 0.6 is 28.1 Å². The minimum atomic E-state index is -0.0128.